The molecule has 0 aliphatic heterocycles. The molecular formula is C22H20N2O2. The van der Waals surface area contributed by atoms with Gasteiger partial charge in [0.1, 0.15) is 5.69 Å². The predicted molar refractivity (Wildman–Crippen MR) is 105 cm³/mol. The summed E-state index contributed by atoms with van der Waals surface area (Å²) in [6, 6.07) is 18.1. The number of nitrogens with one attached hydrogen (secondary N) is 1. The van der Waals surface area contributed by atoms with Gasteiger partial charge in [0.25, 0.3) is 0 Å². The Morgan fingerprint density at radius 2 is 1.58 bits per heavy atom. The molecule has 0 unspecified atom stereocenters. The average Bonchev–Trinajstić information content (AvgIpc) is 3.09. The fourth-order valence-electron chi connectivity index (χ4n) is 3.43. The van der Waals surface area contributed by atoms with Crippen molar-refractivity contribution in [2.45, 2.75) is 20.8 Å². The second-order valence-electron chi connectivity index (χ2n) is 6.47. The van der Waals surface area contributed by atoms with Crippen LogP contribution in [0.15, 0.2) is 60.8 Å². The molecule has 2 aromatic heterocycles. The number of hydrogen-bond donors (Lipinski definition) is 1. The molecule has 2 aromatic carbocycles. The maximum absolute atomic E-state index is 11.8. The van der Waals surface area contributed by atoms with Crippen LogP contribution in [-0.2, 0) is 4.79 Å². The first-order chi connectivity index (χ1) is 12.6. The van der Waals surface area contributed by atoms with E-state index in [4.69, 9.17) is 4.74 Å². The fourth-order valence-corrected chi connectivity index (χ4v) is 3.43. The molecule has 0 aliphatic carbocycles. The van der Waals surface area contributed by atoms with E-state index >= 15 is 0 Å². The van der Waals surface area contributed by atoms with Crippen LogP contribution >= 0.6 is 0 Å². The van der Waals surface area contributed by atoms with Crippen LogP contribution in [0.4, 0.5) is 11.4 Å². The number of benzene rings is 2. The number of anilines is 2. The third-order valence-corrected chi connectivity index (χ3v) is 4.62. The van der Waals surface area contributed by atoms with Crippen LogP contribution < -0.4 is 10.1 Å². The molecule has 0 amide bonds. The highest BCUT2D eigenvalue weighted by atomic mass is 16.5. The maximum Gasteiger partial charge on any atom is 0.308 e. The summed E-state index contributed by atoms with van der Waals surface area (Å²) in [6.45, 7) is 5.56. The van der Waals surface area contributed by atoms with E-state index in [1.165, 1.54) is 6.92 Å². The summed E-state index contributed by atoms with van der Waals surface area (Å²) in [7, 11) is 0. The number of nitrogens with zero attached hydrogens (tertiary/aromatic N) is 1. The van der Waals surface area contributed by atoms with Gasteiger partial charge in [-0.3, -0.25) is 4.79 Å². The number of hydrogen-bond acceptors (Lipinski definition) is 3. The lowest BCUT2D eigenvalue weighted by molar-refractivity contribution is -0.131. The summed E-state index contributed by atoms with van der Waals surface area (Å²) < 4.78 is 7.78. The Balaban J connectivity index is 2.05. The Kier molecular flexibility index (Phi) is 3.88. The van der Waals surface area contributed by atoms with Gasteiger partial charge < -0.3 is 14.5 Å². The summed E-state index contributed by atoms with van der Waals surface area (Å²) in [5.74, 6) is 0.220. The summed E-state index contributed by atoms with van der Waals surface area (Å²) in [5, 5.41) is 4.43. The molecule has 0 radical (unpaired) electrons. The molecule has 4 nitrogen and oxygen atoms in total. The Morgan fingerprint density at radius 3 is 2.31 bits per heavy atom. The third-order valence-electron chi connectivity index (χ3n) is 4.62. The monoisotopic (exact) mass is 344 g/mol. The van der Waals surface area contributed by atoms with Crippen LogP contribution in [0, 0.1) is 13.8 Å². The van der Waals surface area contributed by atoms with Crippen molar-refractivity contribution in [1.82, 2.24) is 4.40 Å². The molecule has 130 valence electrons. The van der Waals surface area contributed by atoms with E-state index in [0.717, 1.165) is 38.9 Å². The third kappa shape index (κ3) is 2.60. The normalized spacial score (nSPS) is 11.0. The van der Waals surface area contributed by atoms with Crippen LogP contribution in [-0.4, -0.2) is 10.4 Å². The van der Waals surface area contributed by atoms with Gasteiger partial charge in [-0.25, -0.2) is 0 Å². The lowest BCUT2D eigenvalue weighted by Gasteiger charge is -2.19. The zero-order valence-corrected chi connectivity index (χ0v) is 15.0. The molecule has 0 spiro atoms. The van der Waals surface area contributed by atoms with Gasteiger partial charge in [-0.2, -0.15) is 0 Å². The number of aryl methyl sites for hydroxylation is 2. The van der Waals surface area contributed by atoms with E-state index in [2.05, 4.69) is 35.7 Å². The number of esters is 1. The zero-order valence-electron chi connectivity index (χ0n) is 15.0. The maximum atomic E-state index is 11.8. The minimum atomic E-state index is -0.337. The van der Waals surface area contributed by atoms with Gasteiger partial charge in [-0.15, -0.1) is 0 Å². The minimum Gasteiger partial charge on any atom is -0.424 e. The van der Waals surface area contributed by atoms with Gasteiger partial charge in [0, 0.05) is 24.2 Å². The summed E-state index contributed by atoms with van der Waals surface area (Å²) >= 11 is 0. The lowest BCUT2D eigenvalue weighted by Crippen LogP contribution is -2.07. The quantitative estimate of drug-likeness (QED) is 0.508. The first kappa shape index (κ1) is 16.2. The average molecular weight is 344 g/mol. The lowest BCUT2D eigenvalue weighted by atomic mass is 10.1. The van der Waals surface area contributed by atoms with Gasteiger partial charge in [-0.1, -0.05) is 30.3 Å². The Hall–Kier alpha value is -3.27. The molecule has 4 rings (SSSR count). The topological polar surface area (TPSA) is 42.7 Å². The van der Waals surface area contributed by atoms with E-state index in [0.29, 0.717) is 5.75 Å². The van der Waals surface area contributed by atoms with Gasteiger partial charge in [0.15, 0.2) is 5.75 Å². The number of carbonyl (C=O) groups excluding carboxylic acids is 1. The summed E-state index contributed by atoms with van der Waals surface area (Å²) in [5.41, 5.74) is 6.05. The van der Waals surface area contributed by atoms with E-state index < -0.39 is 0 Å². The molecule has 0 fully saturated rings. The number of para-hydroxylation sites is 2. The molecule has 0 aliphatic rings. The second kappa shape index (κ2) is 6.23. The molecule has 1 N–H and O–H groups in total. The van der Waals surface area contributed by atoms with Crippen LogP contribution in [0.1, 0.15) is 18.1 Å². The van der Waals surface area contributed by atoms with Crippen molar-refractivity contribution in [3.05, 3.63) is 71.9 Å². The molecule has 2 heterocycles. The number of carbonyl (C=O) groups is 1. The second-order valence-corrected chi connectivity index (χ2v) is 6.47. The van der Waals surface area contributed by atoms with Crippen molar-refractivity contribution in [2.75, 3.05) is 5.32 Å². The van der Waals surface area contributed by atoms with Crippen molar-refractivity contribution in [3.8, 4) is 5.75 Å². The molecular weight excluding hydrogens is 324 g/mol. The zero-order chi connectivity index (χ0) is 18.3. The largest absolute Gasteiger partial charge is 0.424 e. The van der Waals surface area contributed by atoms with Crippen LogP contribution in [0.2, 0.25) is 0 Å². The molecule has 0 bridgehead atoms. The van der Waals surface area contributed by atoms with Gasteiger partial charge in [0.05, 0.1) is 11.0 Å². The Morgan fingerprint density at radius 1 is 0.885 bits per heavy atom. The van der Waals surface area contributed by atoms with E-state index in [-0.39, 0.29) is 5.97 Å². The van der Waals surface area contributed by atoms with Crippen molar-refractivity contribution in [1.29, 1.82) is 0 Å². The molecule has 0 saturated carbocycles. The highest BCUT2D eigenvalue weighted by molar-refractivity contribution is 6.01. The highest BCUT2D eigenvalue weighted by Gasteiger charge is 2.18. The van der Waals surface area contributed by atoms with Gasteiger partial charge in [-0.05, 0) is 49.2 Å². The fraction of sp³-hybridized carbons (Fsp3) is 0.136. The standard InChI is InChI=1S/C22H20N2O2/c1-14-8-6-9-15(2)20(14)23-21-19-12-7-13-24(19)18-11-5-4-10-17(18)22(21)26-16(3)25/h4-13,23H,1-3H3. The first-order valence-electron chi connectivity index (χ1n) is 8.59. The van der Waals surface area contributed by atoms with E-state index in [1.54, 1.807) is 0 Å². The van der Waals surface area contributed by atoms with Crippen LogP contribution in [0.5, 0.6) is 5.75 Å². The first-order valence-corrected chi connectivity index (χ1v) is 8.59. The number of aromatic nitrogens is 1. The van der Waals surface area contributed by atoms with Crippen molar-refractivity contribution >= 4 is 33.8 Å². The van der Waals surface area contributed by atoms with E-state index in [9.17, 15) is 4.79 Å². The van der Waals surface area contributed by atoms with Gasteiger partial charge in [0.2, 0.25) is 0 Å². The van der Waals surface area contributed by atoms with Crippen molar-refractivity contribution in [3.63, 3.8) is 0 Å². The highest BCUT2D eigenvalue weighted by Crippen LogP contribution is 2.40. The van der Waals surface area contributed by atoms with Crippen LogP contribution in [0.25, 0.3) is 16.4 Å². The van der Waals surface area contributed by atoms with Crippen LogP contribution in [0.3, 0.4) is 0 Å². The smallest absolute Gasteiger partial charge is 0.308 e. The molecule has 26 heavy (non-hydrogen) atoms. The Labute approximate surface area is 152 Å². The Bertz CT molecular complexity index is 1120. The molecule has 0 saturated heterocycles. The summed E-state index contributed by atoms with van der Waals surface area (Å²) in [4.78, 5) is 11.8. The molecule has 4 aromatic rings. The van der Waals surface area contributed by atoms with Crippen molar-refractivity contribution in [2.24, 2.45) is 0 Å². The number of rotatable bonds is 3. The number of ether oxygens (including phenoxy) is 1. The number of pyridine rings is 1. The number of fused-ring (bicyclic) bond motifs is 3. The van der Waals surface area contributed by atoms with Gasteiger partial charge >= 0.3 is 5.97 Å². The SMILES string of the molecule is CC(=O)Oc1c(Nc2c(C)cccc2C)c2cccn2c2ccccc12. The molecule has 4 heteroatoms. The predicted octanol–water partition coefficient (Wildman–Crippen LogP) is 5.38. The van der Waals surface area contributed by atoms with Crippen molar-refractivity contribution < 1.29 is 9.53 Å². The molecule has 0 atom stereocenters. The minimum absolute atomic E-state index is 0.337. The van der Waals surface area contributed by atoms with E-state index in [1.807, 2.05) is 48.7 Å². The summed E-state index contributed by atoms with van der Waals surface area (Å²) in [6.07, 6.45) is 2.02.